The molecule has 0 N–H and O–H groups in total. The molecule has 0 saturated carbocycles. The van der Waals surface area contributed by atoms with Crippen molar-refractivity contribution in [3.05, 3.63) is 76.6 Å². The van der Waals surface area contributed by atoms with Gasteiger partial charge in [0.1, 0.15) is 5.82 Å². The first kappa shape index (κ1) is 22.2. The summed E-state index contributed by atoms with van der Waals surface area (Å²) >= 11 is 0. The maximum atomic E-state index is 15.4. The number of hydrogen-bond acceptors (Lipinski definition) is 1. The van der Waals surface area contributed by atoms with E-state index in [1.807, 2.05) is 12.1 Å². The van der Waals surface area contributed by atoms with Crippen LogP contribution in [0.15, 0.2) is 42.5 Å². The lowest BCUT2D eigenvalue weighted by Crippen LogP contribution is -2.19. The van der Waals surface area contributed by atoms with Crippen LogP contribution in [-0.2, 0) is 12.8 Å². The predicted octanol–water partition coefficient (Wildman–Crippen LogP) is 7.97. The lowest BCUT2D eigenvalue weighted by Gasteiger charge is -2.13. The molecule has 0 saturated heterocycles. The van der Waals surface area contributed by atoms with Gasteiger partial charge in [-0.3, -0.25) is 0 Å². The number of fused-ring (bicyclic) bond motifs is 3. The number of rotatable bonds is 6. The van der Waals surface area contributed by atoms with Crippen LogP contribution in [0.3, 0.4) is 0 Å². The summed E-state index contributed by atoms with van der Waals surface area (Å²) in [5.41, 5.74) is 3.89. The van der Waals surface area contributed by atoms with Gasteiger partial charge in [0, 0.05) is 17.5 Å². The Morgan fingerprint density at radius 3 is 2.16 bits per heavy atom. The van der Waals surface area contributed by atoms with Crippen LogP contribution in [0.5, 0.6) is 5.75 Å². The van der Waals surface area contributed by atoms with E-state index < -0.39 is 29.6 Å². The van der Waals surface area contributed by atoms with Crippen molar-refractivity contribution in [3.8, 4) is 28.0 Å². The summed E-state index contributed by atoms with van der Waals surface area (Å²) in [4.78, 5) is 0. The Bertz CT molecular complexity index is 1140. The molecule has 1 aliphatic rings. The van der Waals surface area contributed by atoms with Gasteiger partial charge in [0.05, 0.1) is 0 Å². The van der Waals surface area contributed by atoms with Gasteiger partial charge in [0.2, 0.25) is 5.75 Å². The number of halogens is 6. The summed E-state index contributed by atoms with van der Waals surface area (Å²) in [6, 6.07) is 10.4. The molecule has 1 aliphatic carbocycles. The summed E-state index contributed by atoms with van der Waals surface area (Å²) in [5.74, 6) is -5.32. The minimum absolute atomic E-state index is 0.0870. The Kier molecular flexibility index (Phi) is 5.93. The van der Waals surface area contributed by atoms with Gasteiger partial charge in [0.15, 0.2) is 11.6 Å². The smallest absolute Gasteiger partial charge is 0.399 e. The fourth-order valence-electron chi connectivity index (χ4n) is 4.18. The zero-order valence-electron chi connectivity index (χ0n) is 17.3. The van der Waals surface area contributed by atoms with E-state index in [9.17, 15) is 22.0 Å². The molecule has 0 spiro atoms. The van der Waals surface area contributed by atoms with Gasteiger partial charge < -0.3 is 4.74 Å². The van der Waals surface area contributed by atoms with E-state index in [1.165, 1.54) is 11.6 Å². The lowest BCUT2D eigenvalue weighted by atomic mass is 9.97. The van der Waals surface area contributed by atoms with Gasteiger partial charge in [0.25, 0.3) is 0 Å². The van der Waals surface area contributed by atoms with E-state index in [4.69, 9.17) is 0 Å². The maximum Gasteiger partial charge on any atom is 0.573 e. The van der Waals surface area contributed by atoms with E-state index in [0.717, 1.165) is 36.8 Å². The quantitative estimate of drug-likeness (QED) is 0.214. The van der Waals surface area contributed by atoms with Crippen molar-refractivity contribution in [1.29, 1.82) is 0 Å². The second kappa shape index (κ2) is 8.52. The largest absolute Gasteiger partial charge is 0.573 e. The highest BCUT2D eigenvalue weighted by Gasteiger charge is 2.34. The lowest BCUT2D eigenvalue weighted by molar-refractivity contribution is -0.276. The molecule has 0 atom stereocenters. The monoisotopic (exact) mass is 450 g/mol. The summed E-state index contributed by atoms with van der Waals surface area (Å²) in [5, 5.41) is 0. The predicted molar refractivity (Wildman–Crippen MR) is 110 cm³/mol. The molecule has 0 bridgehead atoms. The van der Waals surface area contributed by atoms with Crippen LogP contribution in [0.25, 0.3) is 22.3 Å². The molecule has 3 aromatic carbocycles. The first-order chi connectivity index (χ1) is 15.2. The van der Waals surface area contributed by atoms with Crippen molar-refractivity contribution in [1.82, 2.24) is 0 Å². The summed E-state index contributed by atoms with van der Waals surface area (Å²) in [7, 11) is 0. The average Bonchev–Trinajstić information content (AvgIpc) is 3.09. The molecule has 0 aromatic heterocycles. The summed E-state index contributed by atoms with van der Waals surface area (Å²) in [6.45, 7) is 2.13. The van der Waals surface area contributed by atoms with Crippen molar-refractivity contribution in [2.24, 2.45) is 0 Å². The first-order valence-electron chi connectivity index (χ1n) is 10.4. The molecule has 3 aromatic rings. The highest BCUT2D eigenvalue weighted by Crippen LogP contribution is 2.42. The van der Waals surface area contributed by atoms with Gasteiger partial charge in [-0.05, 0) is 52.8 Å². The SMILES string of the molecule is CCCCCc1ccc2c(c1)Cc1c-2ccc(-c2cc(F)c(OC(F)(F)F)c(F)c2)c1F. The zero-order chi connectivity index (χ0) is 23.0. The Hall–Kier alpha value is -2.96. The molecule has 0 radical (unpaired) electrons. The van der Waals surface area contributed by atoms with E-state index >= 15 is 4.39 Å². The highest BCUT2D eigenvalue weighted by molar-refractivity contribution is 5.81. The Balaban J connectivity index is 1.66. The van der Waals surface area contributed by atoms with Gasteiger partial charge in [-0.2, -0.15) is 0 Å². The third-order valence-corrected chi connectivity index (χ3v) is 5.67. The van der Waals surface area contributed by atoms with Crippen LogP contribution in [0.4, 0.5) is 26.3 Å². The van der Waals surface area contributed by atoms with Crippen molar-refractivity contribution in [2.75, 3.05) is 0 Å². The van der Waals surface area contributed by atoms with E-state index in [1.54, 1.807) is 6.07 Å². The third kappa shape index (κ3) is 4.33. The second-order valence-electron chi connectivity index (χ2n) is 7.90. The topological polar surface area (TPSA) is 9.23 Å². The molecule has 32 heavy (non-hydrogen) atoms. The number of alkyl halides is 3. The zero-order valence-corrected chi connectivity index (χ0v) is 17.3. The van der Waals surface area contributed by atoms with Crippen LogP contribution >= 0.6 is 0 Å². The van der Waals surface area contributed by atoms with E-state index in [2.05, 4.69) is 17.7 Å². The number of ether oxygens (including phenoxy) is 1. The molecular formula is C25H20F6O. The molecule has 0 unspecified atom stereocenters. The molecule has 0 fully saturated rings. The van der Waals surface area contributed by atoms with Crippen LogP contribution in [-0.4, -0.2) is 6.36 Å². The van der Waals surface area contributed by atoms with Crippen molar-refractivity contribution in [2.45, 2.75) is 45.4 Å². The average molecular weight is 450 g/mol. The van der Waals surface area contributed by atoms with Gasteiger partial charge in [-0.25, -0.2) is 13.2 Å². The van der Waals surface area contributed by atoms with Crippen molar-refractivity contribution >= 4 is 0 Å². The Morgan fingerprint density at radius 2 is 1.50 bits per heavy atom. The minimum Gasteiger partial charge on any atom is -0.399 e. The highest BCUT2D eigenvalue weighted by atomic mass is 19.4. The Morgan fingerprint density at radius 1 is 0.844 bits per heavy atom. The molecule has 0 heterocycles. The van der Waals surface area contributed by atoms with Crippen LogP contribution in [0.2, 0.25) is 0 Å². The molecule has 7 heteroatoms. The van der Waals surface area contributed by atoms with Crippen molar-refractivity contribution in [3.63, 3.8) is 0 Å². The van der Waals surface area contributed by atoms with Crippen LogP contribution in [0.1, 0.15) is 42.9 Å². The van der Waals surface area contributed by atoms with Gasteiger partial charge >= 0.3 is 6.36 Å². The summed E-state index contributed by atoms with van der Waals surface area (Å²) in [6.07, 6.45) is -0.637. The normalized spacial score (nSPS) is 12.6. The summed E-state index contributed by atoms with van der Waals surface area (Å²) < 4.78 is 84.1. The molecule has 1 nitrogen and oxygen atoms in total. The molecular weight excluding hydrogens is 430 g/mol. The molecule has 0 aliphatic heterocycles. The minimum atomic E-state index is -5.25. The number of hydrogen-bond donors (Lipinski definition) is 0. The van der Waals surface area contributed by atoms with E-state index in [0.29, 0.717) is 29.7 Å². The first-order valence-corrected chi connectivity index (χ1v) is 10.4. The van der Waals surface area contributed by atoms with E-state index in [-0.39, 0.29) is 11.1 Å². The number of unbranched alkanes of at least 4 members (excludes halogenated alkanes) is 2. The third-order valence-electron chi connectivity index (χ3n) is 5.67. The fourth-order valence-corrected chi connectivity index (χ4v) is 4.18. The number of benzene rings is 3. The van der Waals surface area contributed by atoms with Gasteiger partial charge in [-0.15, -0.1) is 13.2 Å². The molecule has 168 valence electrons. The molecule has 4 rings (SSSR count). The standard InChI is InChI=1S/C25H20F6O/c1-2-3-4-5-14-6-7-17-15(10-14)11-20-19(17)9-8-18(23(20)28)16-12-21(26)24(22(27)13-16)32-25(29,30)31/h6-10,12-13H,2-5,11H2,1H3. The van der Waals surface area contributed by atoms with Crippen LogP contribution in [0, 0.1) is 17.5 Å². The molecule has 0 amide bonds. The second-order valence-corrected chi connectivity index (χ2v) is 7.90. The Labute approximate surface area is 181 Å². The van der Waals surface area contributed by atoms with Crippen molar-refractivity contribution < 1.29 is 31.1 Å². The number of aryl methyl sites for hydroxylation is 1. The fraction of sp³-hybridized carbons (Fsp3) is 0.280. The van der Waals surface area contributed by atoms with Gasteiger partial charge in [-0.1, -0.05) is 50.1 Å². The maximum absolute atomic E-state index is 15.4. The van der Waals surface area contributed by atoms with Crippen LogP contribution < -0.4 is 4.74 Å².